The van der Waals surface area contributed by atoms with Crippen molar-refractivity contribution in [1.29, 1.82) is 0 Å². The molecular weight excluding hydrogens is 322 g/mol. The van der Waals surface area contributed by atoms with Gasteiger partial charge in [0.05, 0.1) is 11.9 Å². The molecule has 130 valence electrons. The van der Waals surface area contributed by atoms with Crippen molar-refractivity contribution < 1.29 is 9.59 Å². The molecular formula is C18H25N3O2S. The molecule has 3 rings (SSSR count). The van der Waals surface area contributed by atoms with Crippen molar-refractivity contribution in [2.75, 3.05) is 31.3 Å². The lowest BCUT2D eigenvalue weighted by atomic mass is 10.0. The second kappa shape index (κ2) is 7.57. The summed E-state index contributed by atoms with van der Waals surface area (Å²) in [6.45, 7) is 6.23. The van der Waals surface area contributed by atoms with Crippen molar-refractivity contribution >= 4 is 23.6 Å². The Morgan fingerprint density at radius 3 is 2.92 bits per heavy atom. The van der Waals surface area contributed by atoms with Crippen LogP contribution in [0.25, 0.3) is 0 Å². The summed E-state index contributed by atoms with van der Waals surface area (Å²) in [6, 6.07) is 5.77. The highest BCUT2D eigenvalue weighted by molar-refractivity contribution is 7.99. The van der Waals surface area contributed by atoms with Gasteiger partial charge in [-0.15, -0.1) is 11.8 Å². The molecule has 2 saturated heterocycles. The molecule has 0 saturated carbocycles. The average Bonchev–Trinajstić information content (AvgIpc) is 3.24. The van der Waals surface area contributed by atoms with Crippen LogP contribution in [-0.4, -0.2) is 54.0 Å². The minimum absolute atomic E-state index is 0.0294. The lowest BCUT2D eigenvalue weighted by Crippen LogP contribution is -2.42. The van der Waals surface area contributed by atoms with E-state index in [-0.39, 0.29) is 17.9 Å². The first-order chi connectivity index (χ1) is 11.5. The summed E-state index contributed by atoms with van der Waals surface area (Å²) < 4.78 is 0. The van der Waals surface area contributed by atoms with E-state index >= 15 is 0 Å². The van der Waals surface area contributed by atoms with Crippen LogP contribution in [0.4, 0.5) is 0 Å². The zero-order chi connectivity index (χ0) is 17.1. The molecule has 2 N–H and O–H groups in total. The Hall–Kier alpha value is -1.53. The molecule has 1 aromatic carbocycles. The van der Waals surface area contributed by atoms with E-state index in [2.05, 4.69) is 10.6 Å². The van der Waals surface area contributed by atoms with Crippen molar-refractivity contribution in [3.63, 3.8) is 0 Å². The number of carbonyl (C=O) groups is 2. The fraction of sp³-hybridized carbons (Fsp3) is 0.556. The van der Waals surface area contributed by atoms with Gasteiger partial charge in [-0.1, -0.05) is 17.7 Å². The maximum Gasteiger partial charge on any atom is 0.251 e. The highest BCUT2D eigenvalue weighted by atomic mass is 32.2. The quantitative estimate of drug-likeness (QED) is 0.867. The first-order valence-electron chi connectivity index (χ1n) is 8.50. The minimum Gasteiger partial charge on any atom is -0.352 e. The van der Waals surface area contributed by atoms with Gasteiger partial charge in [-0.3, -0.25) is 9.59 Å². The lowest BCUT2D eigenvalue weighted by Gasteiger charge is -2.19. The monoisotopic (exact) mass is 347 g/mol. The van der Waals surface area contributed by atoms with Crippen molar-refractivity contribution in [2.45, 2.75) is 26.3 Å². The standard InChI is InChI=1S/C18H25N3O2S/c1-12-3-4-15(13(2)7-12)17(22)20-10-14-8-16(19-9-14)18(23)21-5-6-24-11-21/h3-4,7,14,16,19H,5-6,8-11H2,1-2H3,(H,20,22). The minimum atomic E-state index is -0.0910. The zero-order valence-corrected chi connectivity index (χ0v) is 15.1. The molecule has 5 nitrogen and oxygen atoms in total. The van der Waals surface area contributed by atoms with Crippen LogP contribution >= 0.6 is 11.8 Å². The summed E-state index contributed by atoms with van der Waals surface area (Å²) in [4.78, 5) is 26.7. The molecule has 6 heteroatoms. The number of hydrogen-bond donors (Lipinski definition) is 2. The number of rotatable bonds is 4. The SMILES string of the molecule is Cc1ccc(C(=O)NCC2CNC(C(=O)N3CCSC3)C2)c(C)c1. The number of nitrogens with one attached hydrogen (secondary N) is 2. The number of aryl methyl sites for hydroxylation is 2. The maximum atomic E-state index is 12.4. The molecule has 2 aliphatic heterocycles. The topological polar surface area (TPSA) is 61.4 Å². The van der Waals surface area contributed by atoms with Gasteiger partial charge in [0, 0.05) is 31.0 Å². The molecule has 2 fully saturated rings. The summed E-state index contributed by atoms with van der Waals surface area (Å²) in [6.07, 6.45) is 0.799. The van der Waals surface area contributed by atoms with E-state index in [0.29, 0.717) is 12.5 Å². The summed E-state index contributed by atoms with van der Waals surface area (Å²) in [7, 11) is 0. The van der Waals surface area contributed by atoms with E-state index in [9.17, 15) is 9.59 Å². The molecule has 2 aliphatic rings. The number of hydrogen-bond acceptors (Lipinski definition) is 4. The van der Waals surface area contributed by atoms with Crippen molar-refractivity contribution in [1.82, 2.24) is 15.5 Å². The molecule has 1 aromatic rings. The lowest BCUT2D eigenvalue weighted by molar-refractivity contribution is -0.131. The molecule has 24 heavy (non-hydrogen) atoms. The molecule has 0 spiro atoms. The van der Waals surface area contributed by atoms with Crippen LogP contribution in [0.5, 0.6) is 0 Å². The average molecular weight is 347 g/mol. The molecule has 2 amide bonds. The van der Waals surface area contributed by atoms with Crippen molar-refractivity contribution in [3.05, 3.63) is 34.9 Å². The fourth-order valence-corrected chi connectivity index (χ4v) is 4.32. The summed E-state index contributed by atoms with van der Waals surface area (Å²) >= 11 is 1.80. The van der Waals surface area contributed by atoms with Crippen LogP contribution < -0.4 is 10.6 Å². The summed E-state index contributed by atoms with van der Waals surface area (Å²) in [5, 5.41) is 6.34. The van der Waals surface area contributed by atoms with Gasteiger partial charge in [0.1, 0.15) is 0 Å². The van der Waals surface area contributed by atoms with E-state index in [1.807, 2.05) is 36.9 Å². The molecule has 0 bridgehead atoms. The van der Waals surface area contributed by atoms with Gasteiger partial charge in [0.25, 0.3) is 5.91 Å². The van der Waals surface area contributed by atoms with Gasteiger partial charge < -0.3 is 15.5 Å². The Morgan fingerprint density at radius 2 is 2.21 bits per heavy atom. The van der Waals surface area contributed by atoms with Gasteiger partial charge in [-0.25, -0.2) is 0 Å². The van der Waals surface area contributed by atoms with E-state index in [4.69, 9.17) is 0 Å². The first-order valence-corrected chi connectivity index (χ1v) is 9.65. The molecule has 0 aromatic heterocycles. The van der Waals surface area contributed by atoms with Crippen LogP contribution in [0.15, 0.2) is 18.2 Å². The predicted molar refractivity (Wildman–Crippen MR) is 97.2 cm³/mol. The van der Waals surface area contributed by atoms with Gasteiger partial charge >= 0.3 is 0 Å². The molecule has 0 radical (unpaired) electrons. The third kappa shape index (κ3) is 3.92. The Morgan fingerprint density at radius 1 is 1.38 bits per heavy atom. The molecule has 2 unspecified atom stereocenters. The number of nitrogens with zero attached hydrogens (tertiary/aromatic N) is 1. The predicted octanol–water partition coefficient (Wildman–Crippen LogP) is 1.54. The van der Waals surface area contributed by atoms with E-state index < -0.39 is 0 Å². The highest BCUT2D eigenvalue weighted by Crippen LogP contribution is 2.20. The molecule has 0 aliphatic carbocycles. The third-order valence-corrected chi connectivity index (χ3v) is 5.73. The Balaban J connectivity index is 1.49. The number of amides is 2. The maximum absolute atomic E-state index is 12.4. The molecule has 2 atom stereocenters. The van der Waals surface area contributed by atoms with E-state index in [0.717, 1.165) is 47.8 Å². The van der Waals surface area contributed by atoms with Crippen LogP contribution in [0.2, 0.25) is 0 Å². The first kappa shape index (κ1) is 17.3. The largest absolute Gasteiger partial charge is 0.352 e. The van der Waals surface area contributed by atoms with Gasteiger partial charge in [-0.05, 0) is 37.8 Å². The van der Waals surface area contributed by atoms with E-state index in [1.165, 1.54) is 0 Å². The second-order valence-corrected chi connectivity index (χ2v) is 7.80. The fourth-order valence-electron chi connectivity index (χ4n) is 3.36. The van der Waals surface area contributed by atoms with Crippen LogP contribution in [-0.2, 0) is 4.79 Å². The Bertz CT molecular complexity index is 629. The van der Waals surface area contributed by atoms with Crippen molar-refractivity contribution in [2.24, 2.45) is 5.92 Å². The van der Waals surface area contributed by atoms with Crippen LogP contribution in [0, 0.1) is 19.8 Å². The number of thioether (sulfide) groups is 1. The highest BCUT2D eigenvalue weighted by Gasteiger charge is 2.33. The van der Waals surface area contributed by atoms with Crippen molar-refractivity contribution in [3.8, 4) is 0 Å². The smallest absolute Gasteiger partial charge is 0.251 e. The van der Waals surface area contributed by atoms with Gasteiger partial charge in [0.15, 0.2) is 0 Å². The third-order valence-electron chi connectivity index (χ3n) is 4.76. The van der Waals surface area contributed by atoms with Gasteiger partial charge in [0.2, 0.25) is 5.91 Å². The van der Waals surface area contributed by atoms with Gasteiger partial charge in [-0.2, -0.15) is 0 Å². The number of benzene rings is 1. The van der Waals surface area contributed by atoms with E-state index in [1.54, 1.807) is 11.8 Å². The van der Waals surface area contributed by atoms with Crippen LogP contribution in [0.3, 0.4) is 0 Å². The number of carbonyl (C=O) groups excluding carboxylic acids is 2. The second-order valence-electron chi connectivity index (χ2n) is 6.73. The summed E-state index contributed by atoms with van der Waals surface area (Å²) in [5.41, 5.74) is 2.88. The Kier molecular flexibility index (Phi) is 5.46. The van der Waals surface area contributed by atoms with Crippen LogP contribution in [0.1, 0.15) is 27.9 Å². The summed E-state index contributed by atoms with van der Waals surface area (Å²) in [5.74, 6) is 2.34. The zero-order valence-electron chi connectivity index (χ0n) is 14.3. The Labute approximate surface area is 147 Å². The molecule has 2 heterocycles. The normalized spacial score (nSPS) is 23.5.